The Morgan fingerprint density at radius 2 is 1.87 bits per heavy atom. The molecule has 3 amide bonds. The largest absolute Gasteiger partial charge is 0.337 e. The van der Waals surface area contributed by atoms with E-state index in [1.165, 1.54) is 43.5 Å². The predicted octanol–water partition coefficient (Wildman–Crippen LogP) is 1.89. The minimum atomic E-state index is -0.766. The van der Waals surface area contributed by atoms with E-state index in [0.717, 1.165) is 6.07 Å². The number of Topliss-reactive ketones (excluding diaryl/α,β-unsaturated/α-hetero) is 1. The SMILES string of the molecule is CC(=O)c1ncccc1C(=O)NNC(=O)Nc1cccc(F)c1. The van der Waals surface area contributed by atoms with Gasteiger partial charge in [0.05, 0.1) is 5.56 Å². The van der Waals surface area contributed by atoms with Gasteiger partial charge in [-0.3, -0.25) is 20.0 Å². The van der Waals surface area contributed by atoms with Crippen molar-refractivity contribution >= 4 is 23.4 Å². The maximum Gasteiger partial charge on any atom is 0.337 e. The predicted molar refractivity (Wildman–Crippen MR) is 80.3 cm³/mol. The second-order valence-electron chi connectivity index (χ2n) is 4.50. The summed E-state index contributed by atoms with van der Waals surface area (Å²) < 4.78 is 13.0. The Morgan fingerprint density at radius 1 is 1.09 bits per heavy atom. The first kappa shape index (κ1) is 16.1. The normalized spacial score (nSPS) is 9.83. The van der Waals surface area contributed by atoms with Gasteiger partial charge in [0.15, 0.2) is 5.78 Å². The van der Waals surface area contributed by atoms with Crippen molar-refractivity contribution in [2.75, 3.05) is 5.32 Å². The second-order valence-corrected chi connectivity index (χ2v) is 4.50. The van der Waals surface area contributed by atoms with Crippen LogP contribution in [0.1, 0.15) is 27.8 Å². The number of benzene rings is 1. The summed E-state index contributed by atoms with van der Waals surface area (Å²) in [6, 6.07) is 7.40. The van der Waals surface area contributed by atoms with Crippen LogP contribution in [0.5, 0.6) is 0 Å². The van der Waals surface area contributed by atoms with Gasteiger partial charge in [-0.05, 0) is 30.3 Å². The molecule has 23 heavy (non-hydrogen) atoms. The van der Waals surface area contributed by atoms with Gasteiger partial charge in [0.1, 0.15) is 11.5 Å². The van der Waals surface area contributed by atoms with E-state index in [4.69, 9.17) is 0 Å². The molecule has 118 valence electrons. The van der Waals surface area contributed by atoms with E-state index in [9.17, 15) is 18.8 Å². The van der Waals surface area contributed by atoms with Crippen LogP contribution in [0, 0.1) is 5.82 Å². The molecule has 0 unspecified atom stereocenters. The van der Waals surface area contributed by atoms with Crippen LogP contribution in [0.3, 0.4) is 0 Å². The fourth-order valence-corrected chi connectivity index (χ4v) is 1.78. The fraction of sp³-hybridized carbons (Fsp3) is 0.0667. The van der Waals surface area contributed by atoms with Crippen molar-refractivity contribution < 1.29 is 18.8 Å². The molecule has 1 aromatic carbocycles. The maximum absolute atomic E-state index is 13.0. The molecule has 3 N–H and O–H groups in total. The molecule has 0 aliphatic heterocycles. The molecule has 0 atom stereocenters. The summed E-state index contributed by atoms with van der Waals surface area (Å²) in [4.78, 5) is 38.8. The highest BCUT2D eigenvalue weighted by Gasteiger charge is 2.15. The summed E-state index contributed by atoms with van der Waals surface area (Å²) in [5, 5.41) is 2.34. The molecule has 0 saturated heterocycles. The third kappa shape index (κ3) is 4.34. The van der Waals surface area contributed by atoms with E-state index in [0.29, 0.717) is 0 Å². The van der Waals surface area contributed by atoms with Gasteiger partial charge >= 0.3 is 6.03 Å². The molecule has 2 aromatic rings. The van der Waals surface area contributed by atoms with Gasteiger partial charge in [0.25, 0.3) is 5.91 Å². The maximum atomic E-state index is 13.0. The first-order valence-electron chi connectivity index (χ1n) is 6.56. The quantitative estimate of drug-likeness (QED) is 0.594. The van der Waals surface area contributed by atoms with Gasteiger partial charge in [-0.15, -0.1) is 0 Å². The number of carbonyl (C=O) groups is 3. The molecule has 7 nitrogen and oxygen atoms in total. The lowest BCUT2D eigenvalue weighted by Crippen LogP contribution is -2.44. The molecule has 0 radical (unpaired) electrons. The van der Waals surface area contributed by atoms with E-state index < -0.39 is 17.8 Å². The number of hydrogen-bond donors (Lipinski definition) is 3. The summed E-state index contributed by atoms with van der Waals surface area (Å²) in [6.07, 6.45) is 1.39. The van der Waals surface area contributed by atoms with Crippen molar-refractivity contribution in [2.24, 2.45) is 0 Å². The summed E-state index contributed by atoms with van der Waals surface area (Å²) in [7, 11) is 0. The van der Waals surface area contributed by atoms with Crippen molar-refractivity contribution in [3.63, 3.8) is 0 Å². The van der Waals surface area contributed by atoms with Crippen molar-refractivity contribution in [1.82, 2.24) is 15.8 Å². The summed E-state index contributed by atoms with van der Waals surface area (Å²) in [5.41, 5.74) is 4.50. The number of aromatic nitrogens is 1. The third-order valence-corrected chi connectivity index (χ3v) is 2.76. The average molecular weight is 316 g/mol. The van der Waals surface area contributed by atoms with Crippen LogP contribution in [0.15, 0.2) is 42.6 Å². The number of anilines is 1. The first-order chi connectivity index (χ1) is 11.0. The topological polar surface area (TPSA) is 100 Å². The molecule has 0 fully saturated rings. The van der Waals surface area contributed by atoms with E-state index in [-0.39, 0.29) is 22.7 Å². The summed E-state index contributed by atoms with van der Waals surface area (Å²) in [5.74, 6) is -1.58. The number of hydrogen-bond acceptors (Lipinski definition) is 4. The smallest absolute Gasteiger partial charge is 0.306 e. The zero-order valence-corrected chi connectivity index (χ0v) is 12.1. The van der Waals surface area contributed by atoms with Crippen molar-refractivity contribution in [2.45, 2.75) is 6.92 Å². The molecular weight excluding hydrogens is 303 g/mol. The fourth-order valence-electron chi connectivity index (χ4n) is 1.78. The van der Waals surface area contributed by atoms with Crippen molar-refractivity contribution in [3.8, 4) is 0 Å². The van der Waals surface area contributed by atoms with Crippen LogP contribution >= 0.6 is 0 Å². The Hall–Kier alpha value is -3.29. The zero-order chi connectivity index (χ0) is 16.8. The highest BCUT2D eigenvalue weighted by Crippen LogP contribution is 2.08. The van der Waals surface area contributed by atoms with Gasteiger partial charge in [0, 0.05) is 18.8 Å². The minimum Gasteiger partial charge on any atom is -0.306 e. The minimum absolute atomic E-state index is 0.00246. The molecule has 0 bridgehead atoms. The van der Waals surface area contributed by atoms with Gasteiger partial charge in [-0.1, -0.05) is 6.07 Å². The van der Waals surface area contributed by atoms with Crippen LogP contribution in [-0.2, 0) is 0 Å². The lowest BCUT2D eigenvalue weighted by Gasteiger charge is -2.10. The molecule has 0 spiro atoms. The number of nitrogens with zero attached hydrogens (tertiary/aromatic N) is 1. The number of amides is 3. The van der Waals surface area contributed by atoms with Crippen LogP contribution in [-0.4, -0.2) is 22.7 Å². The number of nitrogens with one attached hydrogen (secondary N) is 3. The van der Waals surface area contributed by atoms with Crippen LogP contribution in [0.2, 0.25) is 0 Å². The van der Waals surface area contributed by atoms with E-state index >= 15 is 0 Å². The van der Waals surface area contributed by atoms with Crippen LogP contribution < -0.4 is 16.2 Å². The highest BCUT2D eigenvalue weighted by molar-refractivity contribution is 6.06. The molecular formula is C15H13FN4O3. The first-order valence-corrected chi connectivity index (χ1v) is 6.56. The molecule has 1 aromatic heterocycles. The van der Waals surface area contributed by atoms with E-state index in [1.54, 1.807) is 0 Å². The lowest BCUT2D eigenvalue weighted by atomic mass is 10.1. The van der Waals surface area contributed by atoms with Crippen LogP contribution in [0.4, 0.5) is 14.9 Å². The Bertz CT molecular complexity index is 764. The Balaban J connectivity index is 1.97. The Morgan fingerprint density at radius 3 is 2.57 bits per heavy atom. The monoisotopic (exact) mass is 316 g/mol. The van der Waals surface area contributed by atoms with Crippen LogP contribution in [0.25, 0.3) is 0 Å². The Kier molecular flexibility index (Phi) is 4.98. The summed E-state index contributed by atoms with van der Waals surface area (Å²) in [6.45, 7) is 1.28. The molecule has 8 heteroatoms. The van der Waals surface area contributed by atoms with Crippen molar-refractivity contribution in [1.29, 1.82) is 0 Å². The van der Waals surface area contributed by atoms with Gasteiger partial charge < -0.3 is 5.32 Å². The average Bonchev–Trinajstić information content (AvgIpc) is 2.52. The molecule has 0 aliphatic rings. The summed E-state index contributed by atoms with van der Waals surface area (Å²) >= 11 is 0. The highest BCUT2D eigenvalue weighted by atomic mass is 19.1. The standard InChI is InChI=1S/C15H13FN4O3/c1-9(21)13-12(6-3-7-17-13)14(22)19-20-15(23)18-11-5-2-4-10(16)8-11/h2-8H,1H3,(H,19,22)(H2,18,20,23). The Labute approximate surface area is 130 Å². The third-order valence-electron chi connectivity index (χ3n) is 2.76. The number of urea groups is 1. The number of rotatable bonds is 3. The second kappa shape index (κ2) is 7.12. The number of carbonyl (C=O) groups excluding carboxylic acids is 3. The van der Waals surface area contributed by atoms with Crippen molar-refractivity contribution in [3.05, 3.63) is 59.7 Å². The van der Waals surface area contributed by atoms with Gasteiger partial charge in [-0.25, -0.2) is 14.6 Å². The van der Waals surface area contributed by atoms with E-state index in [1.807, 2.05) is 0 Å². The number of hydrazine groups is 1. The zero-order valence-electron chi connectivity index (χ0n) is 12.1. The number of ketones is 1. The van der Waals surface area contributed by atoms with E-state index in [2.05, 4.69) is 21.2 Å². The molecule has 0 saturated carbocycles. The molecule has 2 rings (SSSR count). The van der Waals surface area contributed by atoms with Gasteiger partial charge in [-0.2, -0.15) is 0 Å². The lowest BCUT2D eigenvalue weighted by molar-refractivity contribution is 0.0924. The van der Waals surface area contributed by atoms with Gasteiger partial charge in [0.2, 0.25) is 0 Å². The number of pyridine rings is 1. The molecule has 1 heterocycles. The number of halogens is 1. The molecule has 0 aliphatic carbocycles.